The number of fused-ring (bicyclic) bond motifs is 1. The van der Waals surface area contributed by atoms with E-state index in [0.717, 1.165) is 6.07 Å². The van der Waals surface area contributed by atoms with Crippen LogP contribution in [-0.2, 0) is 6.42 Å². The van der Waals surface area contributed by atoms with E-state index in [9.17, 15) is 19.7 Å². The van der Waals surface area contributed by atoms with Crippen LogP contribution in [-0.4, -0.2) is 36.7 Å². The number of hydrogen-bond donors (Lipinski definition) is 2. The van der Waals surface area contributed by atoms with E-state index in [1.165, 1.54) is 26.4 Å². The number of halogens is 1. The van der Waals surface area contributed by atoms with Crippen LogP contribution < -0.4 is 20.2 Å². The summed E-state index contributed by atoms with van der Waals surface area (Å²) in [5, 5.41) is 18.1. The maximum absolute atomic E-state index is 13.1. The number of benzene rings is 2. The van der Waals surface area contributed by atoms with E-state index in [0.29, 0.717) is 59.0 Å². The van der Waals surface area contributed by atoms with Gasteiger partial charge < -0.3 is 19.2 Å². The number of nitrogens with zero attached hydrogens (tertiary/aromatic N) is 2. The Bertz CT molecular complexity index is 1430. The number of carbonyl (C=O) groups excluding carboxylic acids is 2. The summed E-state index contributed by atoms with van der Waals surface area (Å²) in [5.74, 6) is 0.616. The predicted molar refractivity (Wildman–Crippen MR) is 136 cm³/mol. The maximum atomic E-state index is 13.1. The molecule has 12 heteroatoms. The topological polar surface area (TPSA) is 145 Å². The lowest BCUT2D eigenvalue weighted by Crippen LogP contribution is -2.22. The Morgan fingerprint density at radius 1 is 1.11 bits per heavy atom. The Kier molecular flexibility index (Phi) is 7.44. The fourth-order valence-corrected chi connectivity index (χ4v) is 4.24. The highest BCUT2D eigenvalue weighted by atomic mass is 35.5. The van der Waals surface area contributed by atoms with Gasteiger partial charge in [0.2, 0.25) is 0 Å². The summed E-state index contributed by atoms with van der Waals surface area (Å²) in [5.41, 5.74) is 4.32. The minimum atomic E-state index is -0.665. The van der Waals surface area contributed by atoms with Crippen LogP contribution in [0.3, 0.4) is 0 Å². The van der Waals surface area contributed by atoms with Crippen molar-refractivity contribution in [3.05, 3.63) is 79.7 Å². The Hall–Kier alpha value is -4.38. The largest absolute Gasteiger partial charge is 0.497 e. The van der Waals surface area contributed by atoms with Gasteiger partial charge in [-0.05, 0) is 44.0 Å². The summed E-state index contributed by atoms with van der Waals surface area (Å²) in [6, 6.07) is 8.75. The maximum Gasteiger partial charge on any atom is 0.291 e. The SMILES string of the molecule is COc1ccc(NC(=O)c2oc3c(c2C)/C(=N/NC(=O)c2ccc(Cl)c([N+](=O)[O-])c2)CCC3)c(OC)c1. The number of hydrogen-bond acceptors (Lipinski definition) is 8. The fraction of sp³-hybridized carbons (Fsp3) is 0.240. The van der Waals surface area contributed by atoms with Crippen molar-refractivity contribution in [1.29, 1.82) is 0 Å². The van der Waals surface area contributed by atoms with Crippen LogP contribution in [0.5, 0.6) is 11.5 Å². The molecule has 1 aliphatic carbocycles. The van der Waals surface area contributed by atoms with Crippen LogP contribution >= 0.6 is 11.6 Å². The number of methoxy groups -OCH3 is 2. The summed E-state index contributed by atoms with van der Waals surface area (Å²) >= 11 is 5.82. The summed E-state index contributed by atoms with van der Waals surface area (Å²) in [4.78, 5) is 36.1. The Labute approximate surface area is 216 Å². The molecule has 3 aromatic rings. The molecule has 0 radical (unpaired) electrons. The number of amides is 2. The molecule has 0 aliphatic heterocycles. The van der Waals surface area contributed by atoms with Gasteiger partial charge in [-0.1, -0.05) is 11.6 Å². The first-order valence-corrected chi connectivity index (χ1v) is 11.6. The Morgan fingerprint density at radius 3 is 2.59 bits per heavy atom. The van der Waals surface area contributed by atoms with Crippen molar-refractivity contribution in [2.75, 3.05) is 19.5 Å². The third kappa shape index (κ3) is 5.26. The molecule has 0 atom stereocenters. The molecule has 37 heavy (non-hydrogen) atoms. The van der Waals surface area contributed by atoms with Crippen LogP contribution in [0.25, 0.3) is 0 Å². The van der Waals surface area contributed by atoms with Gasteiger partial charge in [0.25, 0.3) is 17.5 Å². The van der Waals surface area contributed by atoms with E-state index in [1.807, 2.05) is 0 Å². The highest BCUT2D eigenvalue weighted by molar-refractivity contribution is 6.32. The van der Waals surface area contributed by atoms with Crippen molar-refractivity contribution < 1.29 is 28.4 Å². The Balaban J connectivity index is 1.57. The summed E-state index contributed by atoms with van der Waals surface area (Å²) < 4.78 is 16.4. The second-order valence-electron chi connectivity index (χ2n) is 8.15. The number of furan rings is 1. The summed E-state index contributed by atoms with van der Waals surface area (Å²) in [7, 11) is 3.02. The highest BCUT2D eigenvalue weighted by Crippen LogP contribution is 2.33. The van der Waals surface area contributed by atoms with Gasteiger partial charge in [-0.3, -0.25) is 19.7 Å². The molecule has 1 heterocycles. The fourth-order valence-electron chi connectivity index (χ4n) is 4.05. The molecule has 2 N–H and O–H groups in total. The van der Waals surface area contributed by atoms with Crippen LogP contribution in [0.4, 0.5) is 11.4 Å². The summed E-state index contributed by atoms with van der Waals surface area (Å²) in [6.07, 6.45) is 1.85. The molecule has 2 amide bonds. The second-order valence-corrected chi connectivity index (χ2v) is 8.56. The van der Waals surface area contributed by atoms with Gasteiger partial charge in [-0.15, -0.1) is 0 Å². The number of nitro groups is 1. The van der Waals surface area contributed by atoms with Gasteiger partial charge in [0, 0.05) is 35.2 Å². The van der Waals surface area contributed by atoms with Gasteiger partial charge >= 0.3 is 0 Å². The van der Waals surface area contributed by atoms with Gasteiger partial charge in [0.1, 0.15) is 22.3 Å². The first-order chi connectivity index (χ1) is 17.7. The molecule has 0 saturated heterocycles. The van der Waals surface area contributed by atoms with Crippen LogP contribution in [0, 0.1) is 17.0 Å². The molecule has 0 bridgehead atoms. The van der Waals surface area contributed by atoms with Gasteiger partial charge in [0.15, 0.2) is 5.76 Å². The lowest BCUT2D eigenvalue weighted by molar-refractivity contribution is -0.384. The highest BCUT2D eigenvalue weighted by Gasteiger charge is 2.28. The van der Waals surface area contributed by atoms with Gasteiger partial charge in [-0.25, -0.2) is 5.43 Å². The molecule has 4 rings (SSSR count). The first kappa shape index (κ1) is 25.7. The lowest BCUT2D eigenvalue weighted by atomic mass is 9.93. The zero-order valence-corrected chi connectivity index (χ0v) is 21.0. The molecule has 2 aromatic carbocycles. The molecule has 0 spiro atoms. The number of ether oxygens (including phenoxy) is 2. The molecule has 0 fully saturated rings. The molecular formula is C25H23ClN4O7. The smallest absolute Gasteiger partial charge is 0.291 e. The standard InChI is InChI=1S/C25H23ClN4O7/c1-13-22-18(28-29-24(31)14-7-9-16(26)19(11-14)30(33)34)5-4-6-20(22)37-23(13)25(32)27-17-10-8-15(35-2)12-21(17)36-3/h7-12H,4-6H2,1-3H3,(H,27,32)(H,29,31)/b28-18+. The van der Waals surface area contributed by atoms with Crippen LogP contribution in [0.15, 0.2) is 45.9 Å². The lowest BCUT2D eigenvalue weighted by Gasteiger charge is -2.13. The van der Waals surface area contributed by atoms with Crippen molar-refractivity contribution in [1.82, 2.24) is 5.43 Å². The number of anilines is 1. The van der Waals surface area contributed by atoms with E-state index in [2.05, 4.69) is 15.8 Å². The first-order valence-electron chi connectivity index (χ1n) is 11.2. The van der Waals surface area contributed by atoms with E-state index in [1.54, 1.807) is 25.1 Å². The van der Waals surface area contributed by atoms with Crippen molar-refractivity contribution in [2.24, 2.45) is 5.10 Å². The predicted octanol–water partition coefficient (Wildman–Crippen LogP) is 4.89. The minimum absolute atomic E-state index is 0.0360. The molecule has 1 aromatic heterocycles. The van der Waals surface area contributed by atoms with Crippen molar-refractivity contribution in [3.8, 4) is 11.5 Å². The van der Waals surface area contributed by atoms with E-state index >= 15 is 0 Å². The van der Waals surface area contributed by atoms with E-state index < -0.39 is 16.7 Å². The number of hydrazone groups is 1. The number of aryl methyl sites for hydroxylation is 1. The second kappa shape index (κ2) is 10.7. The molecule has 1 aliphatic rings. The number of nitrogens with one attached hydrogen (secondary N) is 2. The van der Waals surface area contributed by atoms with Crippen molar-refractivity contribution in [3.63, 3.8) is 0 Å². The van der Waals surface area contributed by atoms with Crippen LogP contribution in [0.2, 0.25) is 5.02 Å². The van der Waals surface area contributed by atoms with Gasteiger partial charge in [-0.2, -0.15) is 5.10 Å². The van der Waals surface area contributed by atoms with Gasteiger partial charge in [0.05, 0.1) is 30.5 Å². The number of carbonyl (C=O) groups is 2. The number of nitro benzene ring substituents is 1. The number of rotatable bonds is 7. The molecule has 0 saturated carbocycles. The average molecular weight is 527 g/mol. The normalized spacial score (nSPS) is 13.6. The molecule has 11 nitrogen and oxygen atoms in total. The van der Waals surface area contributed by atoms with Crippen molar-refractivity contribution >= 4 is 40.5 Å². The third-order valence-corrected chi connectivity index (χ3v) is 6.21. The third-order valence-electron chi connectivity index (χ3n) is 5.89. The van der Waals surface area contributed by atoms with E-state index in [4.69, 9.17) is 25.5 Å². The zero-order valence-electron chi connectivity index (χ0n) is 20.2. The van der Waals surface area contributed by atoms with Crippen LogP contribution in [0.1, 0.15) is 50.6 Å². The monoisotopic (exact) mass is 526 g/mol. The van der Waals surface area contributed by atoms with E-state index in [-0.39, 0.29) is 22.0 Å². The summed E-state index contributed by atoms with van der Waals surface area (Å²) in [6.45, 7) is 1.74. The minimum Gasteiger partial charge on any atom is -0.497 e. The average Bonchev–Trinajstić information content (AvgIpc) is 3.24. The van der Waals surface area contributed by atoms with Crippen molar-refractivity contribution in [2.45, 2.75) is 26.2 Å². The molecule has 0 unspecified atom stereocenters. The quantitative estimate of drug-likeness (QED) is 0.329. The molecule has 192 valence electrons. The zero-order chi connectivity index (χ0) is 26.7. The Morgan fingerprint density at radius 2 is 1.89 bits per heavy atom. The molecular weight excluding hydrogens is 504 g/mol.